The highest BCUT2D eigenvalue weighted by atomic mass is 16.7. The molecule has 0 aliphatic heterocycles. The van der Waals surface area contributed by atoms with Crippen molar-refractivity contribution in [1.82, 2.24) is 0 Å². The Labute approximate surface area is 81.0 Å². The van der Waals surface area contributed by atoms with Crippen molar-refractivity contribution >= 4 is 5.97 Å². The van der Waals surface area contributed by atoms with E-state index in [1.54, 1.807) is 0 Å². The summed E-state index contributed by atoms with van der Waals surface area (Å²) in [6.07, 6.45) is 4.53. The summed E-state index contributed by atoms with van der Waals surface area (Å²) in [5.74, 6) is -0.179. The van der Waals surface area contributed by atoms with Gasteiger partial charge in [0.15, 0.2) is 0 Å². The first-order chi connectivity index (χ1) is 6.20. The highest BCUT2D eigenvalue weighted by Crippen LogP contribution is 1.83. The molecular weight excluding hydrogens is 166 g/mol. The van der Waals surface area contributed by atoms with E-state index in [1.165, 1.54) is 6.92 Å². The number of carbonyl (C=O) groups is 1. The van der Waals surface area contributed by atoms with Crippen molar-refractivity contribution in [3.05, 3.63) is 0 Å². The highest BCUT2D eigenvalue weighted by molar-refractivity contribution is 5.64. The van der Waals surface area contributed by atoms with Crippen molar-refractivity contribution in [3.8, 4) is 0 Å². The molecule has 3 nitrogen and oxygen atoms in total. The van der Waals surface area contributed by atoms with Crippen LogP contribution in [0.3, 0.4) is 0 Å². The minimum atomic E-state index is -0.179. The number of quaternary nitrogens is 1. The van der Waals surface area contributed by atoms with Gasteiger partial charge in [-0.05, 0) is 0 Å². The van der Waals surface area contributed by atoms with Gasteiger partial charge in [-0.15, -0.1) is 0 Å². The third-order valence-corrected chi connectivity index (χ3v) is 1.91. The summed E-state index contributed by atoms with van der Waals surface area (Å²) in [6.45, 7) is 7.64. The summed E-state index contributed by atoms with van der Waals surface area (Å²) in [5, 5.41) is 0.969. The lowest BCUT2D eigenvalue weighted by Gasteiger charge is -2.07. The van der Waals surface area contributed by atoms with Crippen molar-refractivity contribution in [2.45, 2.75) is 46.5 Å². The van der Waals surface area contributed by atoms with Crippen LogP contribution in [-0.2, 0) is 9.63 Å². The molecule has 3 heteroatoms. The third kappa shape index (κ3) is 7.78. The van der Waals surface area contributed by atoms with Gasteiger partial charge < -0.3 is 0 Å². The number of hydrogen-bond acceptors (Lipinski definition) is 2. The molecule has 0 heterocycles. The van der Waals surface area contributed by atoms with Gasteiger partial charge in [0.2, 0.25) is 0 Å². The van der Waals surface area contributed by atoms with Gasteiger partial charge in [0, 0.05) is 12.8 Å². The summed E-state index contributed by atoms with van der Waals surface area (Å²) in [4.78, 5) is 15.9. The second-order valence-corrected chi connectivity index (χ2v) is 3.34. The Morgan fingerprint density at radius 3 is 1.92 bits per heavy atom. The van der Waals surface area contributed by atoms with Crippen LogP contribution >= 0.6 is 0 Å². The molecule has 0 aromatic rings. The lowest BCUT2D eigenvalue weighted by Crippen LogP contribution is -3.11. The van der Waals surface area contributed by atoms with Crippen LogP contribution in [0.5, 0.6) is 0 Å². The Balaban J connectivity index is 3.66. The van der Waals surface area contributed by atoms with Gasteiger partial charge in [0.05, 0.1) is 4.79 Å². The Bertz CT molecular complexity index is 129. The van der Waals surface area contributed by atoms with Crippen LogP contribution in [0.2, 0.25) is 0 Å². The van der Waals surface area contributed by atoms with Crippen LogP contribution in [0, 0.1) is 0 Å². The van der Waals surface area contributed by atoms with Crippen molar-refractivity contribution < 1.29 is 14.7 Å². The maximum Gasteiger partial charge on any atom is 0.635 e. The average molecular weight is 188 g/mol. The molecule has 0 aliphatic rings. The van der Waals surface area contributed by atoms with Crippen LogP contribution in [0.4, 0.5) is 0 Å². The number of hydroxylamine groups is 2. The topological polar surface area (TPSA) is 33.6 Å². The van der Waals surface area contributed by atoms with Gasteiger partial charge in [-0.1, -0.05) is 36.6 Å². The molecule has 0 unspecified atom stereocenters. The normalized spacial score (nSPS) is 10.5. The molecule has 0 aromatic heterocycles. The van der Waals surface area contributed by atoms with Crippen LogP contribution < -0.4 is 5.06 Å². The zero-order chi connectivity index (χ0) is 10.1. The van der Waals surface area contributed by atoms with Crippen molar-refractivity contribution in [1.29, 1.82) is 0 Å². The Kier molecular flexibility index (Phi) is 7.69. The smallest absolute Gasteiger partial charge is 0.0885 e. The van der Waals surface area contributed by atoms with E-state index in [0.29, 0.717) is 0 Å². The van der Waals surface area contributed by atoms with Gasteiger partial charge in [0.25, 0.3) is 0 Å². The standard InChI is InChI=1S/C10H21NO2/c1-4-6-8-11(9-7-5-2)13-10(3)12/h4-9H2,1-3H3/q+1/p+1. The fourth-order valence-electron chi connectivity index (χ4n) is 1.18. The van der Waals surface area contributed by atoms with E-state index in [4.69, 9.17) is 4.84 Å². The van der Waals surface area contributed by atoms with E-state index in [-0.39, 0.29) is 5.97 Å². The maximum absolute atomic E-state index is 10.7. The van der Waals surface area contributed by atoms with E-state index in [9.17, 15) is 4.79 Å². The molecule has 1 radical (unpaired) electrons. The summed E-state index contributed by atoms with van der Waals surface area (Å²) in [5.41, 5.74) is 0. The van der Waals surface area contributed by atoms with Gasteiger partial charge in [0.1, 0.15) is 20.0 Å². The quantitative estimate of drug-likeness (QED) is 0.477. The van der Waals surface area contributed by atoms with Crippen LogP contribution in [0.1, 0.15) is 46.5 Å². The summed E-state index contributed by atoms with van der Waals surface area (Å²) in [6, 6.07) is 0. The molecule has 0 aliphatic carbocycles. The summed E-state index contributed by atoms with van der Waals surface area (Å²) in [7, 11) is 0. The lowest BCUT2D eigenvalue weighted by atomic mass is 10.3. The largest absolute Gasteiger partial charge is 0.635 e. The van der Waals surface area contributed by atoms with E-state index >= 15 is 0 Å². The molecule has 0 atom stereocenters. The molecule has 0 spiro atoms. The number of hydrogen-bond donors (Lipinski definition) is 1. The zero-order valence-corrected chi connectivity index (χ0v) is 9.06. The molecule has 0 fully saturated rings. The van der Waals surface area contributed by atoms with E-state index < -0.39 is 0 Å². The van der Waals surface area contributed by atoms with Crippen LogP contribution in [0.15, 0.2) is 0 Å². The highest BCUT2D eigenvalue weighted by Gasteiger charge is 2.21. The molecule has 1 N–H and O–H groups in total. The molecule has 0 aromatic carbocycles. The molecular formula is C10H22NO2+2. The lowest BCUT2D eigenvalue weighted by molar-refractivity contribution is -1.07. The van der Waals surface area contributed by atoms with E-state index in [1.807, 2.05) is 0 Å². The van der Waals surface area contributed by atoms with Crippen molar-refractivity contribution in [2.75, 3.05) is 13.1 Å². The second kappa shape index (κ2) is 8.05. The van der Waals surface area contributed by atoms with Gasteiger partial charge in [-0.3, -0.25) is 0 Å². The first-order valence-electron chi connectivity index (χ1n) is 5.23. The first-order valence-corrected chi connectivity index (χ1v) is 5.23. The minimum Gasteiger partial charge on any atom is -0.0885 e. The Hall–Kier alpha value is -0.570. The van der Waals surface area contributed by atoms with Gasteiger partial charge in [-0.2, -0.15) is 0 Å². The van der Waals surface area contributed by atoms with Crippen molar-refractivity contribution in [3.63, 3.8) is 0 Å². The van der Waals surface area contributed by atoms with Gasteiger partial charge in [-0.25, -0.2) is 0 Å². The SMILES string of the molecule is CCCC[NH+](CCCC)OC(C)=[O+]. The maximum atomic E-state index is 10.7. The summed E-state index contributed by atoms with van der Waals surface area (Å²) >= 11 is 0. The third-order valence-electron chi connectivity index (χ3n) is 1.91. The number of carbonyl (C=O) groups excluding carboxylic acids is 1. The minimum absolute atomic E-state index is 0.179. The van der Waals surface area contributed by atoms with Crippen molar-refractivity contribution in [2.24, 2.45) is 0 Å². The monoisotopic (exact) mass is 188 g/mol. The average Bonchev–Trinajstić information content (AvgIpc) is 2.09. The number of unbranched alkanes of at least 4 members (excludes halogenated alkanes) is 2. The fraction of sp³-hybridized carbons (Fsp3) is 0.900. The number of nitrogens with one attached hydrogen (secondary N) is 1. The summed E-state index contributed by atoms with van der Waals surface area (Å²) < 4.78 is 0. The van der Waals surface area contributed by atoms with E-state index in [0.717, 1.165) is 43.8 Å². The first kappa shape index (κ1) is 12.4. The van der Waals surface area contributed by atoms with Crippen LogP contribution in [-0.4, -0.2) is 19.1 Å². The molecule has 77 valence electrons. The Morgan fingerprint density at radius 2 is 1.62 bits per heavy atom. The Morgan fingerprint density at radius 1 is 1.15 bits per heavy atom. The predicted octanol–water partition coefficient (Wildman–Crippen LogP) is 0.950. The second-order valence-electron chi connectivity index (χ2n) is 3.34. The molecule has 0 saturated carbocycles. The predicted molar refractivity (Wildman–Crippen MR) is 52.3 cm³/mol. The molecule has 13 heavy (non-hydrogen) atoms. The van der Waals surface area contributed by atoms with Crippen LogP contribution in [0.25, 0.3) is 0 Å². The number of rotatable bonds is 7. The molecule has 0 saturated heterocycles. The van der Waals surface area contributed by atoms with Gasteiger partial charge >= 0.3 is 5.97 Å². The molecule has 0 bridgehead atoms. The molecule has 0 amide bonds. The zero-order valence-electron chi connectivity index (χ0n) is 9.06. The molecule has 0 rings (SSSR count). The van der Waals surface area contributed by atoms with E-state index in [2.05, 4.69) is 13.8 Å². The fourth-order valence-corrected chi connectivity index (χ4v) is 1.18.